The van der Waals surface area contributed by atoms with Crippen LogP contribution >= 0.6 is 0 Å². The van der Waals surface area contributed by atoms with Gasteiger partial charge >= 0.3 is 6.03 Å². The van der Waals surface area contributed by atoms with E-state index in [9.17, 15) is 13.2 Å². The number of nitrogens with one attached hydrogen (secondary N) is 2. The molecule has 0 bridgehead atoms. The Balaban J connectivity index is 1.87. The maximum absolute atomic E-state index is 12.6. The monoisotopic (exact) mass is 345 g/mol. The fourth-order valence-electron chi connectivity index (χ4n) is 2.73. The van der Waals surface area contributed by atoms with E-state index in [-0.39, 0.29) is 10.9 Å². The van der Waals surface area contributed by atoms with Crippen molar-refractivity contribution in [2.24, 2.45) is 0 Å². The predicted octanol–water partition coefficient (Wildman–Crippen LogP) is 2.50. The summed E-state index contributed by atoms with van der Waals surface area (Å²) in [6.07, 6.45) is 0.636. The van der Waals surface area contributed by atoms with E-state index in [1.165, 1.54) is 6.07 Å². The maximum atomic E-state index is 12.6. The Morgan fingerprint density at radius 3 is 2.50 bits per heavy atom. The highest BCUT2D eigenvalue weighted by Crippen LogP contribution is 2.30. The molecular weight excluding hydrogens is 326 g/mol. The van der Waals surface area contributed by atoms with Crippen molar-refractivity contribution < 1.29 is 13.2 Å². The average Bonchev–Trinajstić information content (AvgIpc) is 2.99. The molecule has 0 fully saturated rings. The molecule has 0 aliphatic carbocycles. The van der Waals surface area contributed by atoms with Crippen LogP contribution in [0.15, 0.2) is 47.4 Å². The number of anilines is 2. The van der Waals surface area contributed by atoms with Crippen LogP contribution in [0.2, 0.25) is 0 Å². The Hall–Kier alpha value is -2.54. The van der Waals surface area contributed by atoms with Crippen molar-refractivity contribution in [3.8, 4) is 0 Å². The zero-order valence-electron chi connectivity index (χ0n) is 13.5. The van der Waals surface area contributed by atoms with Gasteiger partial charge in [0.25, 0.3) is 10.0 Å². The first-order valence-corrected chi connectivity index (χ1v) is 9.11. The molecule has 1 aliphatic rings. The van der Waals surface area contributed by atoms with Crippen LogP contribution in [0.3, 0.4) is 0 Å². The Labute approximate surface area is 141 Å². The van der Waals surface area contributed by atoms with Crippen LogP contribution in [0, 0.1) is 6.92 Å². The molecule has 0 radical (unpaired) electrons. The fraction of sp³-hybridized carbons (Fsp3) is 0.235. The van der Waals surface area contributed by atoms with Gasteiger partial charge in [-0.05, 0) is 49.2 Å². The standard InChI is InChI=1S/C17H19N3O3S/c1-12-3-5-14(6-4-12)19-24(22,23)15-7-8-16-13(11-15)9-10-20(16)17(21)18-2/h3-8,11,19H,9-10H2,1-2H3,(H,18,21). The lowest BCUT2D eigenvalue weighted by Crippen LogP contribution is -2.36. The van der Waals surface area contributed by atoms with E-state index in [4.69, 9.17) is 0 Å². The number of carbonyl (C=O) groups is 1. The van der Waals surface area contributed by atoms with Gasteiger partial charge in [-0.25, -0.2) is 13.2 Å². The number of hydrogen-bond donors (Lipinski definition) is 2. The molecule has 0 spiro atoms. The number of carbonyl (C=O) groups excluding carboxylic acids is 1. The Bertz CT molecular complexity index is 876. The van der Waals surface area contributed by atoms with Gasteiger partial charge in [-0.3, -0.25) is 9.62 Å². The van der Waals surface area contributed by atoms with Gasteiger partial charge in [-0.1, -0.05) is 17.7 Å². The summed E-state index contributed by atoms with van der Waals surface area (Å²) in [6.45, 7) is 2.49. The Morgan fingerprint density at radius 2 is 1.83 bits per heavy atom. The number of fused-ring (bicyclic) bond motifs is 1. The fourth-order valence-corrected chi connectivity index (χ4v) is 3.84. The van der Waals surface area contributed by atoms with Crippen LogP contribution in [0.1, 0.15) is 11.1 Å². The molecule has 24 heavy (non-hydrogen) atoms. The molecule has 2 amide bonds. The van der Waals surface area contributed by atoms with Crippen molar-refractivity contribution in [3.63, 3.8) is 0 Å². The molecule has 0 saturated heterocycles. The molecule has 2 aromatic rings. The van der Waals surface area contributed by atoms with Gasteiger partial charge in [-0.2, -0.15) is 0 Å². The highest BCUT2D eigenvalue weighted by atomic mass is 32.2. The van der Waals surface area contributed by atoms with Crippen LogP contribution in [-0.2, 0) is 16.4 Å². The first-order chi connectivity index (χ1) is 11.4. The molecule has 2 aromatic carbocycles. The van der Waals surface area contributed by atoms with Crippen molar-refractivity contribution in [1.82, 2.24) is 5.32 Å². The van der Waals surface area contributed by atoms with Crippen molar-refractivity contribution in [3.05, 3.63) is 53.6 Å². The zero-order chi connectivity index (χ0) is 17.3. The van der Waals surface area contributed by atoms with Gasteiger partial charge in [-0.15, -0.1) is 0 Å². The molecule has 126 valence electrons. The minimum absolute atomic E-state index is 0.192. The summed E-state index contributed by atoms with van der Waals surface area (Å²) in [7, 11) is -2.09. The molecule has 2 N–H and O–H groups in total. The molecule has 0 unspecified atom stereocenters. The SMILES string of the molecule is CNC(=O)N1CCc2cc(S(=O)(=O)Nc3ccc(C)cc3)ccc21. The number of urea groups is 1. The van der Waals surface area contributed by atoms with Crippen molar-refractivity contribution >= 4 is 27.4 Å². The molecule has 1 heterocycles. The molecule has 0 atom stereocenters. The lowest BCUT2D eigenvalue weighted by molar-refractivity contribution is 0.248. The highest BCUT2D eigenvalue weighted by Gasteiger charge is 2.26. The molecule has 0 aromatic heterocycles. The third-order valence-corrected chi connectivity index (χ3v) is 5.40. The normalized spacial score (nSPS) is 13.5. The number of nitrogens with zero attached hydrogens (tertiary/aromatic N) is 1. The second-order valence-corrected chi connectivity index (χ2v) is 7.40. The summed E-state index contributed by atoms with van der Waals surface area (Å²) in [5.41, 5.74) is 3.19. The molecule has 7 heteroatoms. The van der Waals surface area contributed by atoms with E-state index >= 15 is 0 Å². The zero-order valence-corrected chi connectivity index (χ0v) is 14.4. The first-order valence-electron chi connectivity index (χ1n) is 7.62. The number of aryl methyl sites for hydroxylation is 1. The van der Waals surface area contributed by atoms with Gasteiger partial charge < -0.3 is 5.32 Å². The van der Waals surface area contributed by atoms with E-state index in [2.05, 4.69) is 10.0 Å². The van der Waals surface area contributed by atoms with Gasteiger partial charge in [0.2, 0.25) is 0 Å². The molecule has 3 rings (SSSR count). The summed E-state index contributed by atoms with van der Waals surface area (Å²) in [5, 5.41) is 2.59. The lowest BCUT2D eigenvalue weighted by Gasteiger charge is -2.16. The summed E-state index contributed by atoms with van der Waals surface area (Å²) in [5.74, 6) is 0. The number of rotatable bonds is 3. The smallest absolute Gasteiger partial charge is 0.321 e. The van der Waals surface area contributed by atoms with E-state index in [1.807, 2.05) is 19.1 Å². The van der Waals surface area contributed by atoms with Gasteiger partial charge in [0, 0.05) is 25.0 Å². The van der Waals surface area contributed by atoms with Gasteiger partial charge in [0.15, 0.2) is 0 Å². The minimum atomic E-state index is -3.66. The summed E-state index contributed by atoms with van der Waals surface area (Å²) < 4.78 is 27.7. The van der Waals surface area contributed by atoms with Crippen molar-refractivity contribution in [1.29, 1.82) is 0 Å². The van der Waals surface area contributed by atoms with E-state index in [0.717, 1.165) is 16.8 Å². The number of benzene rings is 2. The number of sulfonamides is 1. The highest BCUT2D eigenvalue weighted by molar-refractivity contribution is 7.92. The van der Waals surface area contributed by atoms with Crippen LogP contribution in [0.5, 0.6) is 0 Å². The van der Waals surface area contributed by atoms with Crippen LogP contribution in [0.25, 0.3) is 0 Å². The quantitative estimate of drug-likeness (QED) is 0.897. The second kappa shape index (κ2) is 6.16. The van der Waals surface area contributed by atoms with Gasteiger partial charge in [0.1, 0.15) is 0 Å². The molecular formula is C17H19N3O3S. The largest absolute Gasteiger partial charge is 0.341 e. The van der Waals surface area contributed by atoms with E-state index in [1.54, 1.807) is 36.2 Å². The third kappa shape index (κ3) is 3.07. The van der Waals surface area contributed by atoms with Crippen LogP contribution in [0.4, 0.5) is 16.2 Å². The Morgan fingerprint density at radius 1 is 1.12 bits per heavy atom. The maximum Gasteiger partial charge on any atom is 0.321 e. The average molecular weight is 345 g/mol. The molecule has 1 aliphatic heterocycles. The molecule has 6 nitrogen and oxygen atoms in total. The molecule has 0 saturated carbocycles. The lowest BCUT2D eigenvalue weighted by atomic mass is 10.2. The van der Waals surface area contributed by atoms with Gasteiger partial charge in [0.05, 0.1) is 4.90 Å². The summed E-state index contributed by atoms with van der Waals surface area (Å²) in [4.78, 5) is 13.6. The minimum Gasteiger partial charge on any atom is -0.341 e. The summed E-state index contributed by atoms with van der Waals surface area (Å²) in [6, 6.07) is 11.8. The predicted molar refractivity (Wildman–Crippen MR) is 93.9 cm³/mol. The number of hydrogen-bond acceptors (Lipinski definition) is 3. The second-order valence-electron chi connectivity index (χ2n) is 5.72. The van der Waals surface area contributed by atoms with Crippen LogP contribution in [-0.4, -0.2) is 28.0 Å². The topological polar surface area (TPSA) is 78.5 Å². The van der Waals surface area contributed by atoms with Crippen LogP contribution < -0.4 is 14.9 Å². The van der Waals surface area contributed by atoms with Crippen molar-refractivity contribution in [2.45, 2.75) is 18.2 Å². The van der Waals surface area contributed by atoms with E-state index in [0.29, 0.717) is 18.7 Å². The Kier molecular flexibility index (Phi) is 4.19. The number of amides is 2. The third-order valence-electron chi connectivity index (χ3n) is 4.02. The van der Waals surface area contributed by atoms with E-state index < -0.39 is 10.0 Å². The first kappa shape index (κ1) is 16.3. The summed E-state index contributed by atoms with van der Waals surface area (Å²) >= 11 is 0. The van der Waals surface area contributed by atoms with Crippen molar-refractivity contribution in [2.75, 3.05) is 23.2 Å².